The summed E-state index contributed by atoms with van der Waals surface area (Å²) in [5.74, 6) is -0.515. The highest BCUT2D eigenvalue weighted by atomic mass is 35.5. The number of carbonyl (C=O) groups excluding carboxylic acids is 2. The molecule has 0 saturated carbocycles. The van der Waals surface area contributed by atoms with Gasteiger partial charge in [0.15, 0.2) is 6.07 Å². The van der Waals surface area contributed by atoms with Crippen LogP contribution in [-0.2, 0) is 9.53 Å². The third-order valence-electron chi connectivity index (χ3n) is 1.79. The largest absolute Gasteiger partial charge is 0.433 e. The number of alkyl carbamates (subject to hydrolysis) is 1. The van der Waals surface area contributed by atoms with Gasteiger partial charge in [0.05, 0.1) is 0 Å². The van der Waals surface area contributed by atoms with E-state index in [1.165, 1.54) is 0 Å². The maximum atomic E-state index is 10.7. The lowest BCUT2D eigenvalue weighted by atomic mass is 10.1. The summed E-state index contributed by atoms with van der Waals surface area (Å²) in [5, 5.41) is 2.53. The van der Waals surface area contributed by atoms with Gasteiger partial charge in [-0.05, 0) is 12.8 Å². The molecule has 0 heterocycles. The number of rotatable bonds is 8. The summed E-state index contributed by atoms with van der Waals surface area (Å²) in [4.78, 5) is 21.0. The number of hydrogen-bond donors (Lipinski definition) is 1. The van der Waals surface area contributed by atoms with Gasteiger partial charge in [0.25, 0.3) is 0 Å². The SMILES string of the molecule is [NH]C(=O)CCCCCCNC(=O)OCCl. The topological polar surface area (TPSA) is 79.2 Å². The molecule has 0 aromatic rings. The van der Waals surface area contributed by atoms with Crippen LogP contribution in [0.4, 0.5) is 4.79 Å². The molecule has 0 unspecified atom stereocenters. The first-order valence-electron chi connectivity index (χ1n) is 4.88. The van der Waals surface area contributed by atoms with Crippen molar-refractivity contribution in [3.05, 3.63) is 0 Å². The maximum absolute atomic E-state index is 10.7. The van der Waals surface area contributed by atoms with Gasteiger partial charge in [-0.25, -0.2) is 4.79 Å². The van der Waals surface area contributed by atoms with Crippen molar-refractivity contribution in [3.8, 4) is 0 Å². The van der Waals surface area contributed by atoms with E-state index in [4.69, 9.17) is 17.3 Å². The number of nitrogens with one attached hydrogen (secondary N) is 2. The summed E-state index contributed by atoms with van der Waals surface area (Å²) in [6.45, 7) is 0.546. The first-order chi connectivity index (χ1) is 7.16. The van der Waals surface area contributed by atoms with Gasteiger partial charge in [-0.1, -0.05) is 24.4 Å². The summed E-state index contributed by atoms with van der Waals surface area (Å²) in [6, 6.07) is -0.141. The highest BCUT2D eigenvalue weighted by Crippen LogP contribution is 2.01. The molecular formula is C9H16ClN2O3. The van der Waals surface area contributed by atoms with Crippen molar-refractivity contribution in [1.82, 2.24) is 11.1 Å². The molecule has 5 nitrogen and oxygen atoms in total. The molecule has 6 heteroatoms. The molecule has 0 bridgehead atoms. The Labute approximate surface area is 94.3 Å². The lowest BCUT2D eigenvalue weighted by Gasteiger charge is -2.03. The second-order valence-electron chi connectivity index (χ2n) is 3.06. The maximum Gasteiger partial charge on any atom is 0.408 e. The summed E-state index contributed by atoms with van der Waals surface area (Å²) >= 11 is 5.17. The van der Waals surface area contributed by atoms with Crippen molar-refractivity contribution in [1.29, 1.82) is 0 Å². The molecule has 87 valence electrons. The van der Waals surface area contributed by atoms with E-state index >= 15 is 0 Å². The van der Waals surface area contributed by atoms with E-state index < -0.39 is 12.0 Å². The minimum Gasteiger partial charge on any atom is -0.433 e. The first kappa shape index (κ1) is 14.0. The van der Waals surface area contributed by atoms with Crippen LogP contribution < -0.4 is 11.1 Å². The number of ether oxygens (including phenoxy) is 1. The van der Waals surface area contributed by atoms with Gasteiger partial charge >= 0.3 is 6.09 Å². The van der Waals surface area contributed by atoms with Crippen LogP contribution >= 0.6 is 11.6 Å². The van der Waals surface area contributed by atoms with Crippen molar-refractivity contribution in [3.63, 3.8) is 0 Å². The Balaban J connectivity index is 3.11. The first-order valence-corrected chi connectivity index (χ1v) is 5.41. The fourth-order valence-corrected chi connectivity index (χ4v) is 1.15. The van der Waals surface area contributed by atoms with Gasteiger partial charge in [0.1, 0.15) is 0 Å². The van der Waals surface area contributed by atoms with Crippen LogP contribution in [0.2, 0.25) is 0 Å². The molecule has 15 heavy (non-hydrogen) atoms. The molecule has 0 saturated heterocycles. The zero-order chi connectivity index (χ0) is 11.5. The van der Waals surface area contributed by atoms with Crippen molar-refractivity contribution < 1.29 is 14.3 Å². The quantitative estimate of drug-likeness (QED) is 0.513. The summed E-state index contributed by atoms with van der Waals surface area (Å²) in [7, 11) is 0. The van der Waals surface area contributed by atoms with E-state index in [0.29, 0.717) is 13.0 Å². The second-order valence-corrected chi connectivity index (χ2v) is 3.27. The molecule has 0 aliphatic carbocycles. The molecule has 0 spiro atoms. The van der Waals surface area contributed by atoms with Crippen molar-refractivity contribution in [2.24, 2.45) is 0 Å². The Bertz CT molecular complexity index is 200. The third kappa shape index (κ3) is 11.0. The number of halogens is 1. The van der Waals surface area contributed by atoms with Gasteiger partial charge in [-0.15, -0.1) is 0 Å². The molecule has 0 aliphatic rings. The normalized spacial score (nSPS) is 9.67. The molecule has 0 atom stereocenters. The molecular weight excluding hydrogens is 220 g/mol. The summed E-state index contributed by atoms with van der Waals surface area (Å²) in [5.41, 5.74) is 6.67. The zero-order valence-corrected chi connectivity index (χ0v) is 9.31. The molecule has 0 aliphatic heterocycles. The van der Waals surface area contributed by atoms with Crippen LogP contribution in [0.25, 0.3) is 0 Å². The van der Waals surface area contributed by atoms with E-state index in [1.807, 2.05) is 0 Å². The standard InChI is InChI=1S/C9H16ClN2O3/c10-7-15-9(14)12-6-4-2-1-3-5-8(11)13/h11H,1-7H2,(H,12,14). The Morgan fingerprint density at radius 3 is 2.47 bits per heavy atom. The molecule has 0 aromatic carbocycles. The lowest BCUT2D eigenvalue weighted by Crippen LogP contribution is -2.24. The Morgan fingerprint density at radius 2 is 1.87 bits per heavy atom. The third-order valence-corrected chi connectivity index (χ3v) is 1.89. The predicted octanol–water partition coefficient (Wildman–Crippen LogP) is 1.67. The number of alkyl halides is 1. The van der Waals surface area contributed by atoms with Crippen LogP contribution in [0.1, 0.15) is 32.1 Å². The molecule has 0 rings (SSSR count). The van der Waals surface area contributed by atoms with Crippen LogP contribution in [-0.4, -0.2) is 24.6 Å². The van der Waals surface area contributed by atoms with Crippen LogP contribution in [0.15, 0.2) is 0 Å². The number of hydrogen-bond acceptors (Lipinski definition) is 3. The van der Waals surface area contributed by atoms with Crippen LogP contribution in [0.3, 0.4) is 0 Å². The van der Waals surface area contributed by atoms with E-state index in [0.717, 1.165) is 25.7 Å². The Hall–Kier alpha value is -0.970. The van der Waals surface area contributed by atoms with Gasteiger partial charge in [0.2, 0.25) is 5.91 Å². The van der Waals surface area contributed by atoms with E-state index in [2.05, 4.69) is 10.1 Å². The van der Waals surface area contributed by atoms with Crippen molar-refractivity contribution >= 4 is 23.6 Å². The highest BCUT2D eigenvalue weighted by Gasteiger charge is 1.99. The Morgan fingerprint density at radius 1 is 1.20 bits per heavy atom. The molecule has 2 amide bonds. The smallest absolute Gasteiger partial charge is 0.408 e. The molecule has 2 N–H and O–H groups in total. The molecule has 0 aromatic heterocycles. The monoisotopic (exact) mass is 235 g/mol. The molecule has 0 fully saturated rings. The second kappa shape index (κ2) is 9.58. The van der Waals surface area contributed by atoms with Gasteiger partial charge < -0.3 is 10.1 Å². The number of amides is 2. The number of carbonyl (C=O) groups is 2. The van der Waals surface area contributed by atoms with Crippen LogP contribution in [0.5, 0.6) is 0 Å². The predicted molar refractivity (Wildman–Crippen MR) is 56.4 cm³/mol. The van der Waals surface area contributed by atoms with Crippen molar-refractivity contribution in [2.45, 2.75) is 32.1 Å². The minimum absolute atomic E-state index is 0.141. The summed E-state index contributed by atoms with van der Waals surface area (Å²) in [6.07, 6.45) is 3.22. The van der Waals surface area contributed by atoms with E-state index in [-0.39, 0.29) is 6.07 Å². The fraction of sp³-hybridized carbons (Fsp3) is 0.778. The van der Waals surface area contributed by atoms with Crippen molar-refractivity contribution in [2.75, 3.05) is 12.6 Å². The van der Waals surface area contributed by atoms with Gasteiger partial charge in [-0.3, -0.25) is 10.5 Å². The fourth-order valence-electron chi connectivity index (χ4n) is 1.06. The average molecular weight is 236 g/mol. The lowest BCUT2D eigenvalue weighted by molar-refractivity contribution is -0.118. The zero-order valence-electron chi connectivity index (χ0n) is 8.55. The van der Waals surface area contributed by atoms with Gasteiger partial charge in [-0.2, -0.15) is 0 Å². The molecule has 1 radical (unpaired) electrons. The van der Waals surface area contributed by atoms with E-state index in [1.54, 1.807) is 0 Å². The van der Waals surface area contributed by atoms with Gasteiger partial charge in [0, 0.05) is 13.0 Å². The highest BCUT2D eigenvalue weighted by molar-refractivity contribution is 6.17. The average Bonchev–Trinajstić information content (AvgIpc) is 2.16. The Kier molecular flexibility index (Phi) is 8.96. The van der Waals surface area contributed by atoms with Crippen LogP contribution in [0, 0.1) is 0 Å². The van der Waals surface area contributed by atoms with E-state index in [9.17, 15) is 9.59 Å². The summed E-state index contributed by atoms with van der Waals surface area (Å²) < 4.78 is 4.45. The minimum atomic E-state index is -0.515. The number of unbranched alkanes of at least 4 members (excludes halogenated alkanes) is 3.